The number of fused-ring (bicyclic) bond motifs is 3. The third-order valence-electron chi connectivity index (χ3n) is 8.15. The number of hydrogen-bond acceptors (Lipinski definition) is 4. The summed E-state index contributed by atoms with van der Waals surface area (Å²) in [4.78, 5) is 37.2. The van der Waals surface area contributed by atoms with Gasteiger partial charge in [0.1, 0.15) is 12.1 Å². The van der Waals surface area contributed by atoms with Crippen LogP contribution in [0.25, 0.3) is 11.1 Å². The topological polar surface area (TPSA) is 105 Å². The molecule has 3 aliphatic carbocycles. The summed E-state index contributed by atoms with van der Waals surface area (Å²) in [5.41, 5.74) is 3.53. The fourth-order valence-electron chi connectivity index (χ4n) is 6.20. The Bertz CT molecular complexity index is 1100. The van der Waals surface area contributed by atoms with Crippen LogP contribution in [-0.2, 0) is 14.3 Å². The van der Waals surface area contributed by atoms with Gasteiger partial charge in [-0.2, -0.15) is 0 Å². The van der Waals surface area contributed by atoms with E-state index in [1.807, 2.05) is 31.2 Å². The third kappa shape index (κ3) is 4.28. The van der Waals surface area contributed by atoms with Gasteiger partial charge in [0.15, 0.2) is 0 Å². The molecule has 0 heterocycles. The van der Waals surface area contributed by atoms with Crippen LogP contribution >= 0.6 is 0 Å². The second-order valence-corrected chi connectivity index (χ2v) is 10.4. The van der Waals surface area contributed by atoms with Crippen molar-refractivity contribution in [3.63, 3.8) is 0 Å². The van der Waals surface area contributed by atoms with Crippen molar-refractivity contribution in [3.05, 3.63) is 59.7 Å². The van der Waals surface area contributed by atoms with Crippen LogP contribution in [0.1, 0.15) is 68.9 Å². The van der Waals surface area contributed by atoms with Crippen molar-refractivity contribution in [1.82, 2.24) is 10.6 Å². The number of hydrogen-bond donors (Lipinski definition) is 3. The van der Waals surface area contributed by atoms with E-state index in [0.717, 1.165) is 41.5 Å². The van der Waals surface area contributed by atoms with Gasteiger partial charge >= 0.3 is 12.1 Å². The Hall–Kier alpha value is -3.35. The normalized spacial score (nSPS) is 19.5. The van der Waals surface area contributed by atoms with E-state index in [4.69, 9.17) is 4.74 Å². The van der Waals surface area contributed by atoms with Crippen LogP contribution in [0.15, 0.2) is 48.5 Å². The molecular weight excluding hydrogens is 444 g/mol. The zero-order chi connectivity index (χ0) is 24.6. The van der Waals surface area contributed by atoms with Gasteiger partial charge in [-0.3, -0.25) is 4.79 Å². The van der Waals surface area contributed by atoms with Gasteiger partial charge in [0.2, 0.25) is 5.91 Å². The van der Waals surface area contributed by atoms with Gasteiger partial charge in [-0.25, -0.2) is 9.59 Å². The minimum atomic E-state index is -1.17. The van der Waals surface area contributed by atoms with Crippen LogP contribution in [0.3, 0.4) is 0 Å². The van der Waals surface area contributed by atoms with E-state index < -0.39 is 23.6 Å². The highest BCUT2D eigenvalue weighted by Gasteiger charge is 2.61. The number of rotatable bonds is 8. The predicted molar refractivity (Wildman–Crippen MR) is 131 cm³/mol. The van der Waals surface area contributed by atoms with E-state index in [0.29, 0.717) is 19.3 Å². The molecule has 2 aromatic rings. The molecule has 0 saturated heterocycles. The van der Waals surface area contributed by atoms with Gasteiger partial charge in [-0.15, -0.1) is 0 Å². The van der Waals surface area contributed by atoms with E-state index >= 15 is 0 Å². The van der Waals surface area contributed by atoms with E-state index in [1.165, 1.54) is 0 Å². The molecule has 3 N–H and O–H groups in total. The summed E-state index contributed by atoms with van der Waals surface area (Å²) in [7, 11) is 0. The largest absolute Gasteiger partial charge is 0.480 e. The minimum Gasteiger partial charge on any atom is -0.480 e. The van der Waals surface area contributed by atoms with Gasteiger partial charge in [-0.1, -0.05) is 61.9 Å². The molecule has 7 nitrogen and oxygen atoms in total. The Kier molecular flexibility index (Phi) is 6.03. The predicted octanol–water partition coefficient (Wildman–Crippen LogP) is 4.60. The Morgan fingerprint density at radius 2 is 1.63 bits per heavy atom. The fraction of sp³-hybridized carbons (Fsp3) is 0.464. The lowest BCUT2D eigenvalue weighted by Gasteiger charge is -2.59. The van der Waals surface area contributed by atoms with Crippen molar-refractivity contribution in [3.8, 4) is 11.1 Å². The van der Waals surface area contributed by atoms with Crippen LogP contribution in [0, 0.1) is 5.41 Å². The van der Waals surface area contributed by atoms with E-state index in [-0.39, 0.29) is 30.3 Å². The molecule has 1 spiro atoms. The first-order valence-corrected chi connectivity index (χ1v) is 12.5. The standard InChI is InChI=1S/C28H32N2O5/c1-2-18(14-24(31)30-28(25(32)33)16-27(17-28)12-7-13-27)29-26(34)35-15-23-21-10-5-3-8-19(21)20-9-4-6-11-22(20)23/h3-6,8-11,18,23H,2,7,12-17H2,1H3,(H,29,34)(H,30,31)(H,32,33)/t18-/m1/s1. The summed E-state index contributed by atoms with van der Waals surface area (Å²) < 4.78 is 5.60. The van der Waals surface area contributed by atoms with E-state index in [1.54, 1.807) is 0 Å². The molecule has 7 heteroatoms. The number of carbonyl (C=O) groups is 3. The van der Waals surface area contributed by atoms with Crippen molar-refractivity contribution in [1.29, 1.82) is 0 Å². The maximum absolute atomic E-state index is 12.7. The third-order valence-corrected chi connectivity index (χ3v) is 8.15. The average Bonchev–Trinajstić information content (AvgIpc) is 3.11. The Morgan fingerprint density at radius 3 is 2.14 bits per heavy atom. The zero-order valence-electron chi connectivity index (χ0n) is 20.0. The summed E-state index contributed by atoms with van der Waals surface area (Å²) in [5.74, 6) is -1.36. The molecule has 0 bridgehead atoms. The summed E-state index contributed by atoms with van der Waals surface area (Å²) in [6, 6.07) is 15.8. The second-order valence-electron chi connectivity index (χ2n) is 10.4. The first kappa shape index (κ1) is 23.4. The first-order chi connectivity index (χ1) is 16.8. The lowest BCUT2D eigenvalue weighted by atomic mass is 9.48. The molecule has 5 rings (SSSR count). The Balaban J connectivity index is 1.15. The van der Waals surface area contributed by atoms with Gasteiger partial charge in [0, 0.05) is 18.4 Å². The molecule has 0 aliphatic heterocycles. The van der Waals surface area contributed by atoms with E-state index in [9.17, 15) is 19.5 Å². The lowest BCUT2D eigenvalue weighted by Crippen LogP contribution is -2.68. The monoisotopic (exact) mass is 476 g/mol. The first-order valence-electron chi connectivity index (χ1n) is 12.5. The summed E-state index contributed by atoms with van der Waals surface area (Å²) in [5, 5.41) is 15.3. The van der Waals surface area contributed by atoms with Crippen LogP contribution in [-0.4, -0.2) is 41.3 Å². The van der Waals surface area contributed by atoms with Crippen LogP contribution in [0.2, 0.25) is 0 Å². The zero-order valence-corrected chi connectivity index (χ0v) is 20.0. The SMILES string of the molecule is CC[C@H](CC(=O)NC1(C(=O)O)CC2(CCC2)C1)NC(=O)OCC1c2ccccc2-c2ccccc21. The maximum atomic E-state index is 12.7. The molecule has 2 amide bonds. The maximum Gasteiger partial charge on any atom is 0.407 e. The number of ether oxygens (including phenoxy) is 1. The molecular formula is C28H32N2O5. The van der Waals surface area contributed by atoms with Gasteiger partial charge in [0.25, 0.3) is 0 Å². The van der Waals surface area contributed by atoms with Crippen LogP contribution in [0.5, 0.6) is 0 Å². The molecule has 184 valence electrons. The van der Waals surface area contributed by atoms with Crippen molar-refractivity contribution >= 4 is 18.0 Å². The number of amides is 2. The van der Waals surface area contributed by atoms with Gasteiger partial charge in [-0.05, 0) is 59.8 Å². The highest BCUT2D eigenvalue weighted by atomic mass is 16.5. The molecule has 35 heavy (non-hydrogen) atoms. The fourth-order valence-corrected chi connectivity index (χ4v) is 6.20. The number of nitrogens with one attached hydrogen (secondary N) is 2. The highest BCUT2D eigenvalue weighted by Crippen LogP contribution is 2.60. The molecule has 0 radical (unpaired) electrons. The van der Waals surface area contributed by atoms with Crippen molar-refractivity contribution in [2.24, 2.45) is 5.41 Å². The van der Waals surface area contributed by atoms with E-state index in [2.05, 4.69) is 34.9 Å². The highest BCUT2D eigenvalue weighted by molar-refractivity contribution is 5.88. The number of carboxylic acids is 1. The van der Waals surface area contributed by atoms with Crippen molar-refractivity contribution in [2.75, 3.05) is 6.61 Å². The second kappa shape index (κ2) is 9.02. The summed E-state index contributed by atoms with van der Waals surface area (Å²) in [6.07, 6.45) is 4.18. The Labute approximate surface area is 205 Å². The molecule has 2 aromatic carbocycles. The Morgan fingerprint density at radius 1 is 1.03 bits per heavy atom. The van der Waals surface area contributed by atoms with Crippen molar-refractivity contribution in [2.45, 2.75) is 69.4 Å². The van der Waals surface area contributed by atoms with Crippen LogP contribution in [0.4, 0.5) is 4.79 Å². The van der Waals surface area contributed by atoms with Crippen molar-refractivity contribution < 1.29 is 24.2 Å². The van der Waals surface area contributed by atoms with Gasteiger partial charge in [0.05, 0.1) is 0 Å². The minimum absolute atomic E-state index is 0.0166. The summed E-state index contributed by atoms with van der Waals surface area (Å²) in [6.45, 7) is 2.08. The van der Waals surface area contributed by atoms with Gasteiger partial charge < -0.3 is 20.5 Å². The molecule has 1 atom stereocenters. The summed E-state index contributed by atoms with van der Waals surface area (Å²) >= 11 is 0. The molecule has 2 saturated carbocycles. The number of aliphatic carboxylic acids is 1. The van der Waals surface area contributed by atoms with Crippen LogP contribution < -0.4 is 10.6 Å². The lowest BCUT2D eigenvalue weighted by molar-refractivity contribution is -0.165. The molecule has 0 unspecified atom stereocenters. The smallest absolute Gasteiger partial charge is 0.407 e. The molecule has 0 aromatic heterocycles. The molecule has 3 aliphatic rings. The number of carbonyl (C=O) groups excluding carboxylic acids is 2. The molecule has 2 fully saturated rings. The average molecular weight is 477 g/mol. The number of carboxylic acid groups (broad SMARTS) is 1. The number of alkyl carbamates (subject to hydrolysis) is 1. The quantitative estimate of drug-likeness (QED) is 0.517. The number of benzene rings is 2.